The maximum Gasteiger partial charge on any atom is 0.251 e. The average Bonchev–Trinajstić information content (AvgIpc) is 2.47. The number of phenolic OH excluding ortho intramolecular Hbond substituents is 1. The second-order valence-electron chi connectivity index (χ2n) is 4.75. The van der Waals surface area contributed by atoms with Crippen LogP contribution < -0.4 is 15.8 Å². The lowest BCUT2D eigenvalue weighted by atomic mass is 10.1. The fourth-order valence-electron chi connectivity index (χ4n) is 1.98. The summed E-state index contributed by atoms with van der Waals surface area (Å²) in [5.74, 6) is 0.000647. The largest absolute Gasteiger partial charge is 0.504 e. The Balaban J connectivity index is 2.10. The van der Waals surface area contributed by atoms with Gasteiger partial charge in [-0.3, -0.25) is 4.79 Å². The number of rotatable bonds is 4. The summed E-state index contributed by atoms with van der Waals surface area (Å²) in [7, 11) is 1.46. The number of nitrogens with two attached hydrogens (primary N) is 1. The van der Waals surface area contributed by atoms with E-state index in [0.717, 1.165) is 5.56 Å². The second kappa shape index (κ2) is 6.17. The summed E-state index contributed by atoms with van der Waals surface area (Å²) >= 11 is 0. The highest BCUT2D eigenvalue weighted by molar-refractivity contribution is 5.95. The van der Waals surface area contributed by atoms with Crippen LogP contribution in [0.15, 0.2) is 42.5 Å². The monoisotopic (exact) mass is 286 g/mol. The topological polar surface area (TPSA) is 84.6 Å². The summed E-state index contributed by atoms with van der Waals surface area (Å²) in [6, 6.07) is 11.7. The van der Waals surface area contributed by atoms with Crippen molar-refractivity contribution in [2.45, 2.75) is 13.0 Å². The molecule has 4 N–H and O–H groups in total. The molecule has 0 saturated heterocycles. The summed E-state index contributed by atoms with van der Waals surface area (Å²) in [6.07, 6.45) is 0. The van der Waals surface area contributed by atoms with E-state index >= 15 is 0 Å². The van der Waals surface area contributed by atoms with Crippen molar-refractivity contribution in [1.29, 1.82) is 0 Å². The molecule has 0 aliphatic carbocycles. The highest BCUT2D eigenvalue weighted by Crippen LogP contribution is 2.26. The molecule has 0 saturated carbocycles. The molecule has 0 radical (unpaired) electrons. The van der Waals surface area contributed by atoms with E-state index < -0.39 is 0 Å². The third-order valence-corrected chi connectivity index (χ3v) is 3.23. The maximum absolute atomic E-state index is 12.2. The molecule has 2 aromatic carbocycles. The molecule has 5 heteroatoms. The van der Waals surface area contributed by atoms with Crippen molar-refractivity contribution < 1.29 is 14.6 Å². The molecule has 2 rings (SSSR count). The Kier molecular flexibility index (Phi) is 4.33. The SMILES string of the molecule is COc1ccc(C(=O)NC(C)c2ccc(N)cc2)cc1O. The van der Waals surface area contributed by atoms with Gasteiger partial charge in [0.05, 0.1) is 13.2 Å². The third kappa shape index (κ3) is 3.45. The minimum absolute atomic E-state index is 0.0645. The van der Waals surface area contributed by atoms with Gasteiger partial charge in [0.25, 0.3) is 5.91 Å². The number of phenols is 1. The first-order valence-corrected chi connectivity index (χ1v) is 6.54. The van der Waals surface area contributed by atoms with Gasteiger partial charge >= 0.3 is 0 Å². The van der Waals surface area contributed by atoms with Gasteiger partial charge in [0.1, 0.15) is 0 Å². The summed E-state index contributed by atoms with van der Waals surface area (Å²) in [5, 5.41) is 12.6. The number of aromatic hydroxyl groups is 1. The van der Waals surface area contributed by atoms with Crippen LogP contribution in [0.1, 0.15) is 28.9 Å². The van der Waals surface area contributed by atoms with E-state index in [0.29, 0.717) is 17.0 Å². The first-order valence-electron chi connectivity index (χ1n) is 6.54. The second-order valence-corrected chi connectivity index (χ2v) is 4.75. The number of nitrogens with one attached hydrogen (secondary N) is 1. The predicted octanol–water partition coefficient (Wildman–Crippen LogP) is 2.47. The number of anilines is 1. The lowest BCUT2D eigenvalue weighted by Crippen LogP contribution is -2.26. The van der Waals surface area contributed by atoms with Crippen LogP contribution in [-0.2, 0) is 0 Å². The Morgan fingerprint density at radius 2 is 1.90 bits per heavy atom. The zero-order chi connectivity index (χ0) is 15.4. The molecule has 0 spiro atoms. The number of benzene rings is 2. The van der Waals surface area contributed by atoms with Crippen molar-refractivity contribution in [1.82, 2.24) is 5.32 Å². The lowest BCUT2D eigenvalue weighted by molar-refractivity contribution is 0.0939. The molecule has 0 aliphatic heterocycles. The van der Waals surface area contributed by atoms with Gasteiger partial charge in [-0.1, -0.05) is 12.1 Å². The zero-order valence-corrected chi connectivity index (χ0v) is 12.0. The molecule has 0 heterocycles. The number of carbonyl (C=O) groups excluding carboxylic acids is 1. The van der Waals surface area contributed by atoms with Crippen LogP contribution in [-0.4, -0.2) is 18.1 Å². The summed E-state index contributed by atoms with van der Waals surface area (Å²) in [6.45, 7) is 1.88. The van der Waals surface area contributed by atoms with E-state index in [9.17, 15) is 9.90 Å². The van der Waals surface area contributed by atoms with Gasteiger partial charge < -0.3 is 20.9 Å². The summed E-state index contributed by atoms with van der Waals surface area (Å²) in [4.78, 5) is 12.2. The third-order valence-electron chi connectivity index (χ3n) is 3.23. The van der Waals surface area contributed by atoms with Crippen molar-refractivity contribution in [2.75, 3.05) is 12.8 Å². The van der Waals surface area contributed by atoms with E-state index in [4.69, 9.17) is 10.5 Å². The molecule has 0 fully saturated rings. The molecule has 1 unspecified atom stereocenters. The Morgan fingerprint density at radius 3 is 2.48 bits per heavy atom. The van der Waals surface area contributed by atoms with Gasteiger partial charge in [-0.05, 0) is 42.8 Å². The Morgan fingerprint density at radius 1 is 1.24 bits per heavy atom. The van der Waals surface area contributed by atoms with Crippen molar-refractivity contribution >= 4 is 11.6 Å². The Bertz CT molecular complexity index is 638. The van der Waals surface area contributed by atoms with Crippen LogP contribution >= 0.6 is 0 Å². The van der Waals surface area contributed by atoms with Crippen LogP contribution in [0, 0.1) is 0 Å². The number of hydrogen-bond acceptors (Lipinski definition) is 4. The van der Waals surface area contributed by atoms with Gasteiger partial charge in [-0.2, -0.15) is 0 Å². The van der Waals surface area contributed by atoms with E-state index in [1.807, 2.05) is 19.1 Å². The summed E-state index contributed by atoms with van der Waals surface area (Å²) in [5.41, 5.74) is 7.64. The normalized spacial score (nSPS) is 11.7. The van der Waals surface area contributed by atoms with E-state index in [1.165, 1.54) is 13.2 Å². The lowest BCUT2D eigenvalue weighted by Gasteiger charge is -2.15. The van der Waals surface area contributed by atoms with E-state index in [1.54, 1.807) is 24.3 Å². The van der Waals surface area contributed by atoms with Gasteiger partial charge in [0.15, 0.2) is 11.5 Å². The van der Waals surface area contributed by atoms with Crippen molar-refractivity contribution in [3.05, 3.63) is 53.6 Å². The maximum atomic E-state index is 12.2. The fraction of sp³-hybridized carbons (Fsp3) is 0.188. The van der Waals surface area contributed by atoms with Crippen molar-refractivity contribution in [2.24, 2.45) is 0 Å². The predicted molar refractivity (Wildman–Crippen MR) is 81.4 cm³/mol. The number of methoxy groups -OCH3 is 1. The standard InChI is InChI=1S/C16H18N2O3/c1-10(11-3-6-13(17)7-4-11)18-16(20)12-5-8-15(21-2)14(19)9-12/h3-10,19H,17H2,1-2H3,(H,18,20). The fourth-order valence-corrected chi connectivity index (χ4v) is 1.98. The Hall–Kier alpha value is -2.69. The van der Waals surface area contributed by atoms with Gasteiger partial charge in [0.2, 0.25) is 0 Å². The molecule has 2 aromatic rings. The smallest absolute Gasteiger partial charge is 0.251 e. The van der Waals surface area contributed by atoms with Crippen molar-refractivity contribution in [3.63, 3.8) is 0 Å². The van der Waals surface area contributed by atoms with Crippen LogP contribution in [0.5, 0.6) is 11.5 Å². The highest BCUT2D eigenvalue weighted by Gasteiger charge is 2.13. The first kappa shape index (κ1) is 14.7. The van der Waals surface area contributed by atoms with Gasteiger partial charge in [-0.25, -0.2) is 0 Å². The molecule has 110 valence electrons. The molecule has 1 atom stereocenters. The Labute approximate surface area is 123 Å². The number of hydrogen-bond donors (Lipinski definition) is 3. The zero-order valence-electron chi connectivity index (χ0n) is 12.0. The van der Waals surface area contributed by atoms with E-state index in [2.05, 4.69) is 5.32 Å². The number of ether oxygens (including phenoxy) is 1. The first-order chi connectivity index (χ1) is 10.0. The van der Waals surface area contributed by atoms with Gasteiger partial charge in [0, 0.05) is 11.3 Å². The molecule has 0 aromatic heterocycles. The number of carbonyl (C=O) groups is 1. The molecular formula is C16H18N2O3. The molecule has 5 nitrogen and oxygen atoms in total. The van der Waals surface area contributed by atoms with Crippen LogP contribution in [0.3, 0.4) is 0 Å². The number of nitrogen functional groups attached to an aromatic ring is 1. The molecular weight excluding hydrogens is 268 g/mol. The minimum atomic E-state index is -0.266. The minimum Gasteiger partial charge on any atom is -0.504 e. The molecule has 21 heavy (non-hydrogen) atoms. The molecule has 1 amide bonds. The van der Waals surface area contributed by atoms with Crippen LogP contribution in [0.4, 0.5) is 5.69 Å². The van der Waals surface area contributed by atoms with Gasteiger partial charge in [-0.15, -0.1) is 0 Å². The quantitative estimate of drug-likeness (QED) is 0.754. The molecule has 0 bridgehead atoms. The van der Waals surface area contributed by atoms with Crippen LogP contribution in [0.25, 0.3) is 0 Å². The molecule has 0 aliphatic rings. The summed E-state index contributed by atoms with van der Waals surface area (Å²) < 4.78 is 4.95. The highest BCUT2D eigenvalue weighted by atomic mass is 16.5. The number of amides is 1. The van der Waals surface area contributed by atoms with Crippen molar-refractivity contribution in [3.8, 4) is 11.5 Å². The average molecular weight is 286 g/mol. The van der Waals surface area contributed by atoms with Crippen LogP contribution in [0.2, 0.25) is 0 Å². The van der Waals surface area contributed by atoms with E-state index in [-0.39, 0.29) is 17.7 Å².